The van der Waals surface area contributed by atoms with E-state index in [0.717, 1.165) is 22.7 Å². The van der Waals surface area contributed by atoms with Gasteiger partial charge in [-0.05, 0) is 43.3 Å². The maximum Gasteiger partial charge on any atom is 0.124 e. The van der Waals surface area contributed by atoms with Crippen LogP contribution in [-0.2, 0) is 0 Å². The van der Waals surface area contributed by atoms with Crippen LogP contribution in [0.2, 0.25) is 10.0 Å². The number of methoxy groups -OCH3 is 2. The Morgan fingerprint density at radius 2 is 1.76 bits per heavy atom. The highest BCUT2D eigenvalue weighted by Crippen LogP contribution is 2.34. The van der Waals surface area contributed by atoms with E-state index in [0.29, 0.717) is 10.0 Å². The van der Waals surface area contributed by atoms with Gasteiger partial charge >= 0.3 is 0 Å². The Kier molecular flexibility index (Phi) is 5.21. The summed E-state index contributed by atoms with van der Waals surface area (Å²) >= 11 is 12.2. The van der Waals surface area contributed by atoms with Crippen molar-refractivity contribution in [1.29, 1.82) is 0 Å². The van der Waals surface area contributed by atoms with Crippen LogP contribution in [-0.4, -0.2) is 14.2 Å². The quantitative estimate of drug-likeness (QED) is 0.821. The molecule has 1 unspecified atom stereocenters. The average molecular weight is 326 g/mol. The first kappa shape index (κ1) is 15.8. The highest BCUT2D eigenvalue weighted by Gasteiger charge is 2.14. The maximum atomic E-state index is 6.18. The number of anilines is 1. The summed E-state index contributed by atoms with van der Waals surface area (Å²) < 4.78 is 10.7. The zero-order valence-corrected chi connectivity index (χ0v) is 13.6. The normalized spacial score (nSPS) is 11.9. The first-order valence-electron chi connectivity index (χ1n) is 6.48. The number of hydrogen-bond acceptors (Lipinski definition) is 3. The molecule has 0 aliphatic carbocycles. The van der Waals surface area contributed by atoms with Gasteiger partial charge in [0.15, 0.2) is 0 Å². The van der Waals surface area contributed by atoms with Crippen molar-refractivity contribution in [3.8, 4) is 11.5 Å². The van der Waals surface area contributed by atoms with E-state index < -0.39 is 0 Å². The van der Waals surface area contributed by atoms with Crippen LogP contribution in [0.5, 0.6) is 11.5 Å². The standard InChI is InChI=1S/C16H17Cl2NO2/c1-10(19-15-8-11(17)4-6-14(15)18)13-9-12(20-2)5-7-16(13)21-3/h4-10,19H,1-3H3. The van der Waals surface area contributed by atoms with Gasteiger partial charge < -0.3 is 14.8 Å². The lowest BCUT2D eigenvalue weighted by molar-refractivity contribution is 0.397. The van der Waals surface area contributed by atoms with Crippen LogP contribution in [0.4, 0.5) is 5.69 Å². The topological polar surface area (TPSA) is 30.5 Å². The molecule has 0 saturated carbocycles. The van der Waals surface area contributed by atoms with Crippen LogP contribution < -0.4 is 14.8 Å². The molecule has 1 atom stereocenters. The zero-order chi connectivity index (χ0) is 15.4. The van der Waals surface area contributed by atoms with E-state index >= 15 is 0 Å². The molecule has 0 aromatic heterocycles. The Labute approximate surface area is 134 Å². The Balaban J connectivity index is 2.31. The lowest BCUT2D eigenvalue weighted by Gasteiger charge is -2.20. The van der Waals surface area contributed by atoms with Crippen LogP contribution in [0, 0.1) is 0 Å². The van der Waals surface area contributed by atoms with Gasteiger partial charge in [-0.3, -0.25) is 0 Å². The molecule has 2 aromatic carbocycles. The van der Waals surface area contributed by atoms with E-state index in [9.17, 15) is 0 Å². The van der Waals surface area contributed by atoms with E-state index in [4.69, 9.17) is 32.7 Å². The van der Waals surface area contributed by atoms with E-state index in [2.05, 4.69) is 5.32 Å². The van der Waals surface area contributed by atoms with Crippen molar-refractivity contribution in [2.45, 2.75) is 13.0 Å². The molecule has 1 N–H and O–H groups in total. The first-order chi connectivity index (χ1) is 10.0. The Bertz CT molecular complexity index is 632. The summed E-state index contributed by atoms with van der Waals surface area (Å²) in [5, 5.41) is 4.59. The summed E-state index contributed by atoms with van der Waals surface area (Å²) in [6.07, 6.45) is 0. The fraction of sp³-hybridized carbons (Fsp3) is 0.250. The largest absolute Gasteiger partial charge is 0.497 e. The molecule has 2 aromatic rings. The monoisotopic (exact) mass is 325 g/mol. The van der Waals surface area contributed by atoms with Crippen molar-refractivity contribution in [2.24, 2.45) is 0 Å². The fourth-order valence-corrected chi connectivity index (χ4v) is 2.44. The van der Waals surface area contributed by atoms with E-state index in [1.54, 1.807) is 32.4 Å². The average Bonchev–Trinajstić information content (AvgIpc) is 2.50. The van der Waals surface area contributed by atoms with Gasteiger partial charge in [-0.25, -0.2) is 0 Å². The smallest absolute Gasteiger partial charge is 0.124 e. The lowest BCUT2D eigenvalue weighted by Crippen LogP contribution is -2.09. The molecule has 21 heavy (non-hydrogen) atoms. The molecule has 0 radical (unpaired) electrons. The summed E-state index contributed by atoms with van der Waals surface area (Å²) in [4.78, 5) is 0. The minimum absolute atomic E-state index is 0.0222. The van der Waals surface area contributed by atoms with Crippen LogP contribution >= 0.6 is 23.2 Å². The Morgan fingerprint density at radius 1 is 1.00 bits per heavy atom. The lowest BCUT2D eigenvalue weighted by atomic mass is 10.1. The molecular weight excluding hydrogens is 309 g/mol. The van der Waals surface area contributed by atoms with Crippen LogP contribution in [0.1, 0.15) is 18.5 Å². The van der Waals surface area contributed by atoms with Gasteiger partial charge in [-0.1, -0.05) is 23.2 Å². The van der Waals surface area contributed by atoms with Crippen molar-refractivity contribution in [3.63, 3.8) is 0 Å². The number of rotatable bonds is 5. The number of hydrogen-bond donors (Lipinski definition) is 1. The number of benzene rings is 2. The third-order valence-corrected chi connectivity index (χ3v) is 3.77. The second-order valence-electron chi connectivity index (χ2n) is 4.60. The SMILES string of the molecule is COc1ccc(OC)c(C(C)Nc2cc(Cl)ccc2Cl)c1. The predicted octanol–water partition coefficient (Wildman–Crippen LogP) is 5.18. The molecule has 0 saturated heterocycles. The van der Waals surface area contributed by atoms with E-state index in [1.165, 1.54) is 0 Å². The van der Waals surface area contributed by atoms with Gasteiger partial charge in [0.05, 0.1) is 31.0 Å². The van der Waals surface area contributed by atoms with Crippen molar-refractivity contribution in [3.05, 3.63) is 52.0 Å². The fourth-order valence-electron chi connectivity index (χ4n) is 2.10. The molecule has 0 heterocycles. The summed E-state index contributed by atoms with van der Waals surface area (Å²) in [7, 11) is 3.28. The molecule has 5 heteroatoms. The molecule has 0 amide bonds. The molecule has 0 fully saturated rings. The Hall–Kier alpha value is -1.58. The van der Waals surface area contributed by atoms with Gasteiger partial charge in [-0.15, -0.1) is 0 Å². The third kappa shape index (κ3) is 3.74. The second-order valence-corrected chi connectivity index (χ2v) is 5.44. The summed E-state index contributed by atoms with van der Waals surface area (Å²) in [6.45, 7) is 2.02. The molecule has 2 rings (SSSR count). The number of ether oxygens (including phenoxy) is 2. The molecule has 0 bridgehead atoms. The zero-order valence-electron chi connectivity index (χ0n) is 12.1. The summed E-state index contributed by atoms with van der Waals surface area (Å²) in [5.41, 5.74) is 1.76. The molecule has 3 nitrogen and oxygen atoms in total. The molecule has 0 aliphatic rings. The highest BCUT2D eigenvalue weighted by atomic mass is 35.5. The minimum Gasteiger partial charge on any atom is -0.497 e. The van der Waals surface area contributed by atoms with Gasteiger partial charge in [-0.2, -0.15) is 0 Å². The minimum atomic E-state index is -0.0222. The van der Waals surface area contributed by atoms with Gasteiger partial charge in [0.25, 0.3) is 0 Å². The van der Waals surface area contributed by atoms with Gasteiger partial charge in [0, 0.05) is 10.6 Å². The van der Waals surface area contributed by atoms with Gasteiger partial charge in [0.2, 0.25) is 0 Å². The maximum absolute atomic E-state index is 6.18. The van der Waals surface area contributed by atoms with Crippen molar-refractivity contribution in [2.75, 3.05) is 19.5 Å². The third-order valence-electron chi connectivity index (χ3n) is 3.20. The second kappa shape index (κ2) is 6.92. The van der Waals surface area contributed by atoms with Crippen molar-refractivity contribution in [1.82, 2.24) is 0 Å². The summed E-state index contributed by atoms with van der Waals surface area (Å²) in [5.74, 6) is 1.56. The first-order valence-corrected chi connectivity index (χ1v) is 7.24. The van der Waals surface area contributed by atoms with Crippen LogP contribution in [0.3, 0.4) is 0 Å². The van der Waals surface area contributed by atoms with Crippen LogP contribution in [0.15, 0.2) is 36.4 Å². The van der Waals surface area contributed by atoms with Crippen molar-refractivity contribution >= 4 is 28.9 Å². The van der Waals surface area contributed by atoms with Gasteiger partial charge in [0.1, 0.15) is 11.5 Å². The van der Waals surface area contributed by atoms with E-state index in [1.807, 2.05) is 25.1 Å². The molecule has 112 valence electrons. The number of halogens is 2. The van der Waals surface area contributed by atoms with E-state index in [-0.39, 0.29) is 6.04 Å². The predicted molar refractivity (Wildman–Crippen MR) is 88.0 cm³/mol. The molecule has 0 spiro atoms. The van der Waals surface area contributed by atoms with Crippen LogP contribution in [0.25, 0.3) is 0 Å². The molecule has 0 aliphatic heterocycles. The summed E-state index contributed by atoms with van der Waals surface area (Å²) in [6, 6.07) is 11.0. The number of nitrogens with one attached hydrogen (secondary N) is 1. The van der Waals surface area contributed by atoms with Crippen molar-refractivity contribution < 1.29 is 9.47 Å². The molecular formula is C16H17Cl2NO2. The highest BCUT2D eigenvalue weighted by molar-refractivity contribution is 6.35. The Morgan fingerprint density at radius 3 is 2.43 bits per heavy atom.